The monoisotopic (exact) mass is 388 g/mol. The van der Waals surface area contributed by atoms with Crippen molar-refractivity contribution < 1.29 is 9.47 Å². The van der Waals surface area contributed by atoms with Crippen LogP contribution in [0.25, 0.3) is 0 Å². The summed E-state index contributed by atoms with van der Waals surface area (Å²) >= 11 is 0. The minimum absolute atomic E-state index is 0.0381. The first kappa shape index (κ1) is 20.8. The zero-order valence-electron chi connectivity index (χ0n) is 17.6. The SMILES string of the molecule is CN=C(NCC(C)Oc1ccc(OC)cc1)NC1CCN(C2CCCC2)CC1. The van der Waals surface area contributed by atoms with E-state index in [1.54, 1.807) is 7.11 Å². The predicted octanol–water partition coefficient (Wildman–Crippen LogP) is 3.03. The van der Waals surface area contributed by atoms with Crippen LogP contribution in [0.1, 0.15) is 45.4 Å². The minimum Gasteiger partial charge on any atom is -0.497 e. The molecule has 1 aliphatic carbocycles. The second-order valence-electron chi connectivity index (χ2n) is 7.95. The Kier molecular flexibility index (Phi) is 7.83. The van der Waals surface area contributed by atoms with E-state index in [0.717, 1.165) is 23.5 Å². The molecule has 1 saturated carbocycles. The van der Waals surface area contributed by atoms with E-state index in [9.17, 15) is 0 Å². The molecular weight excluding hydrogens is 352 g/mol. The Balaban J connectivity index is 1.37. The number of likely N-dealkylation sites (tertiary alicyclic amines) is 1. The van der Waals surface area contributed by atoms with Crippen molar-refractivity contribution in [3.63, 3.8) is 0 Å². The number of nitrogens with one attached hydrogen (secondary N) is 2. The molecule has 28 heavy (non-hydrogen) atoms. The van der Waals surface area contributed by atoms with Crippen LogP contribution in [0.5, 0.6) is 11.5 Å². The molecule has 3 rings (SSSR count). The number of aliphatic imine (C=N–C) groups is 1. The van der Waals surface area contributed by atoms with Crippen molar-refractivity contribution in [3.05, 3.63) is 24.3 Å². The van der Waals surface area contributed by atoms with Crippen molar-refractivity contribution in [1.82, 2.24) is 15.5 Å². The number of ether oxygens (including phenoxy) is 2. The number of guanidine groups is 1. The standard InChI is InChI=1S/C22H36N4O2/c1-17(28-21-10-8-20(27-3)9-11-21)16-24-22(23-2)25-18-12-14-26(15-13-18)19-6-4-5-7-19/h8-11,17-19H,4-7,12-16H2,1-3H3,(H2,23,24,25). The van der Waals surface area contributed by atoms with E-state index in [2.05, 4.69) is 27.4 Å². The Morgan fingerprint density at radius 3 is 2.36 bits per heavy atom. The number of rotatable bonds is 7. The fourth-order valence-electron chi connectivity index (χ4n) is 4.24. The molecule has 0 spiro atoms. The van der Waals surface area contributed by atoms with E-state index in [4.69, 9.17) is 9.47 Å². The number of hydrogen-bond donors (Lipinski definition) is 2. The predicted molar refractivity (Wildman–Crippen MR) is 114 cm³/mol. The molecule has 156 valence electrons. The van der Waals surface area contributed by atoms with Crippen molar-refractivity contribution in [2.24, 2.45) is 4.99 Å². The molecule has 2 N–H and O–H groups in total. The van der Waals surface area contributed by atoms with Gasteiger partial charge in [0.2, 0.25) is 0 Å². The van der Waals surface area contributed by atoms with Gasteiger partial charge in [-0.05, 0) is 56.9 Å². The summed E-state index contributed by atoms with van der Waals surface area (Å²) in [5.74, 6) is 2.54. The van der Waals surface area contributed by atoms with Crippen molar-refractivity contribution in [1.29, 1.82) is 0 Å². The number of nitrogens with zero attached hydrogens (tertiary/aromatic N) is 2. The lowest BCUT2D eigenvalue weighted by Crippen LogP contribution is -2.51. The maximum atomic E-state index is 5.96. The molecule has 1 atom stereocenters. The van der Waals surface area contributed by atoms with Crippen LogP contribution in [-0.4, -0.2) is 62.8 Å². The zero-order valence-corrected chi connectivity index (χ0v) is 17.6. The highest BCUT2D eigenvalue weighted by Gasteiger charge is 2.27. The molecule has 2 fully saturated rings. The van der Waals surface area contributed by atoms with E-state index in [1.807, 2.05) is 31.3 Å². The van der Waals surface area contributed by atoms with Crippen LogP contribution in [-0.2, 0) is 0 Å². The quantitative estimate of drug-likeness (QED) is 0.555. The molecule has 2 aliphatic rings. The van der Waals surface area contributed by atoms with E-state index in [1.165, 1.54) is 51.6 Å². The first-order valence-corrected chi connectivity index (χ1v) is 10.7. The molecule has 1 saturated heterocycles. The van der Waals surface area contributed by atoms with Gasteiger partial charge in [-0.25, -0.2) is 0 Å². The van der Waals surface area contributed by atoms with Crippen molar-refractivity contribution >= 4 is 5.96 Å². The Morgan fingerprint density at radius 1 is 1.11 bits per heavy atom. The Bertz CT molecular complexity index is 605. The molecule has 6 heteroatoms. The molecule has 0 amide bonds. The fraction of sp³-hybridized carbons (Fsp3) is 0.682. The summed E-state index contributed by atoms with van der Waals surface area (Å²) in [5, 5.41) is 6.99. The van der Waals surface area contributed by atoms with Crippen LogP contribution < -0.4 is 20.1 Å². The summed E-state index contributed by atoms with van der Waals surface area (Å²) in [7, 11) is 3.50. The van der Waals surface area contributed by atoms with Gasteiger partial charge in [0.1, 0.15) is 17.6 Å². The van der Waals surface area contributed by atoms with Crippen molar-refractivity contribution in [3.8, 4) is 11.5 Å². The highest BCUT2D eigenvalue weighted by Crippen LogP contribution is 2.26. The van der Waals surface area contributed by atoms with E-state index in [-0.39, 0.29) is 6.10 Å². The molecule has 1 heterocycles. The normalized spacial score (nSPS) is 20.8. The van der Waals surface area contributed by atoms with Gasteiger partial charge >= 0.3 is 0 Å². The molecule has 0 radical (unpaired) electrons. The van der Waals surface area contributed by atoms with Crippen LogP contribution in [0.2, 0.25) is 0 Å². The van der Waals surface area contributed by atoms with Crippen LogP contribution in [0.15, 0.2) is 29.3 Å². The van der Waals surface area contributed by atoms with Crippen molar-refractivity contribution in [2.45, 2.75) is 63.6 Å². The second-order valence-corrected chi connectivity index (χ2v) is 7.95. The summed E-state index contributed by atoms with van der Waals surface area (Å²) in [6.07, 6.45) is 8.04. The van der Waals surface area contributed by atoms with E-state index >= 15 is 0 Å². The smallest absolute Gasteiger partial charge is 0.191 e. The van der Waals surface area contributed by atoms with Crippen molar-refractivity contribution in [2.75, 3.05) is 33.8 Å². The van der Waals surface area contributed by atoms with Gasteiger partial charge in [0.15, 0.2) is 5.96 Å². The minimum atomic E-state index is 0.0381. The van der Waals surface area contributed by atoms with E-state index < -0.39 is 0 Å². The lowest BCUT2D eigenvalue weighted by molar-refractivity contribution is 0.150. The Labute approximate surface area is 169 Å². The molecule has 0 bridgehead atoms. The average Bonchev–Trinajstić information content (AvgIpc) is 3.27. The maximum absolute atomic E-state index is 5.96. The molecular formula is C22H36N4O2. The molecule has 0 aromatic heterocycles. The lowest BCUT2D eigenvalue weighted by atomic mass is 10.0. The third-order valence-electron chi connectivity index (χ3n) is 5.89. The highest BCUT2D eigenvalue weighted by atomic mass is 16.5. The average molecular weight is 389 g/mol. The van der Waals surface area contributed by atoms with Gasteiger partial charge in [-0.3, -0.25) is 4.99 Å². The van der Waals surface area contributed by atoms with Gasteiger partial charge in [-0.1, -0.05) is 12.8 Å². The highest BCUT2D eigenvalue weighted by molar-refractivity contribution is 5.80. The zero-order chi connectivity index (χ0) is 19.8. The number of piperidine rings is 1. The molecule has 1 aromatic carbocycles. The van der Waals surface area contributed by atoms with Crippen LogP contribution in [0.4, 0.5) is 0 Å². The largest absolute Gasteiger partial charge is 0.497 e. The topological polar surface area (TPSA) is 58.1 Å². The van der Waals surface area contributed by atoms with Gasteiger partial charge < -0.3 is 25.0 Å². The van der Waals surface area contributed by atoms with Crippen LogP contribution in [0, 0.1) is 0 Å². The lowest BCUT2D eigenvalue weighted by Gasteiger charge is -2.36. The summed E-state index contributed by atoms with van der Waals surface area (Å²) in [6, 6.07) is 9.03. The summed E-state index contributed by atoms with van der Waals surface area (Å²) in [4.78, 5) is 7.09. The van der Waals surface area contributed by atoms with Gasteiger partial charge in [0, 0.05) is 32.2 Å². The summed E-state index contributed by atoms with van der Waals surface area (Å²) in [6.45, 7) is 5.17. The second kappa shape index (κ2) is 10.6. The van der Waals surface area contributed by atoms with Crippen LogP contribution in [0.3, 0.4) is 0 Å². The van der Waals surface area contributed by atoms with Gasteiger partial charge in [0.25, 0.3) is 0 Å². The third-order valence-corrected chi connectivity index (χ3v) is 5.89. The maximum Gasteiger partial charge on any atom is 0.191 e. The Hall–Kier alpha value is -1.95. The third kappa shape index (κ3) is 6.03. The molecule has 1 unspecified atom stereocenters. The number of benzene rings is 1. The molecule has 1 aliphatic heterocycles. The van der Waals surface area contributed by atoms with E-state index in [0.29, 0.717) is 12.6 Å². The first-order chi connectivity index (χ1) is 13.7. The summed E-state index contributed by atoms with van der Waals surface area (Å²) in [5.41, 5.74) is 0. The summed E-state index contributed by atoms with van der Waals surface area (Å²) < 4.78 is 11.1. The van der Waals surface area contributed by atoms with Gasteiger partial charge in [-0.2, -0.15) is 0 Å². The molecule has 6 nitrogen and oxygen atoms in total. The fourth-order valence-corrected chi connectivity index (χ4v) is 4.24. The number of methoxy groups -OCH3 is 1. The number of hydrogen-bond acceptors (Lipinski definition) is 4. The van der Waals surface area contributed by atoms with Gasteiger partial charge in [-0.15, -0.1) is 0 Å². The molecule has 1 aromatic rings. The van der Waals surface area contributed by atoms with Crippen LogP contribution >= 0.6 is 0 Å². The Morgan fingerprint density at radius 2 is 1.75 bits per heavy atom. The first-order valence-electron chi connectivity index (χ1n) is 10.7. The van der Waals surface area contributed by atoms with Gasteiger partial charge in [0.05, 0.1) is 13.7 Å².